The van der Waals surface area contributed by atoms with Crippen LogP contribution < -0.4 is 0 Å². The predicted molar refractivity (Wildman–Crippen MR) is 67.8 cm³/mol. The molecule has 0 fully saturated rings. The third kappa shape index (κ3) is 3.58. The Kier molecular flexibility index (Phi) is 4.19. The van der Waals surface area contributed by atoms with Gasteiger partial charge in [-0.3, -0.25) is 0 Å². The summed E-state index contributed by atoms with van der Waals surface area (Å²) in [5.41, 5.74) is 5.90. The molecule has 15 heavy (non-hydrogen) atoms. The third-order valence-electron chi connectivity index (χ3n) is 2.73. The second kappa shape index (κ2) is 5.20. The van der Waals surface area contributed by atoms with Crippen LogP contribution in [0.5, 0.6) is 0 Å². The first-order valence-corrected chi connectivity index (χ1v) is 5.73. The standard InChI is InChI=1S/C14H23N/c1-11(2)9-13-7-6-8-14(12(13)3)10-15(4)5/h9-10H,6-8H2,1-5H3/b14-10+. The van der Waals surface area contributed by atoms with Crippen molar-refractivity contribution < 1.29 is 0 Å². The van der Waals surface area contributed by atoms with Crippen molar-refractivity contribution in [2.75, 3.05) is 14.1 Å². The van der Waals surface area contributed by atoms with Gasteiger partial charge in [0.15, 0.2) is 0 Å². The molecule has 1 aliphatic carbocycles. The van der Waals surface area contributed by atoms with Gasteiger partial charge in [-0.2, -0.15) is 0 Å². The van der Waals surface area contributed by atoms with Crippen LogP contribution in [0.4, 0.5) is 0 Å². The highest BCUT2D eigenvalue weighted by Crippen LogP contribution is 2.30. The van der Waals surface area contributed by atoms with Crippen molar-refractivity contribution in [2.24, 2.45) is 0 Å². The van der Waals surface area contributed by atoms with Gasteiger partial charge >= 0.3 is 0 Å². The Hall–Kier alpha value is -0.980. The molecule has 0 N–H and O–H groups in total. The highest BCUT2D eigenvalue weighted by atomic mass is 15.0. The number of rotatable bonds is 2. The fourth-order valence-electron chi connectivity index (χ4n) is 2.05. The summed E-state index contributed by atoms with van der Waals surface area (Å²) in [6, 6.07) is 0. The van der Waals surface area contributed by atoms with Gasteiger partial charge in [-0.25, -0.2) is 0 Å². The smallest absolute Gasteiger partial charge is 0.00557 e. The molecule has 0 saturated carbocycles. The molecule has 0 aromatic carbocycles. The molecular weight excluding hydrogens is 182 g/mol. The molecule has 0 aromatic rings. The molecule has 0 aliphatic heterocycles. The maximum Gasteiger partial charge on any atom is 0.00557 e. The van der Waals surface area contributed by atoms with Gasteiger partial charge in [0, 0.05) is 20.3 Å². The molecule has 0 unspecified atom stereocenters. The minimum Gasteiger partial charge on any atom is -0.383 e. The van der Waals surface area contributed by atoms with Crippen LogP contribution in [0.2, 0.25) is 0 Å². The molecule has 0 amide bonds. The van der Waals surface area contributed by atoms with Crippen LogP contribution in [-0.2, 0) is 0 Å². The zero-order chi connectivity index (χ0) is 11.4. The molecule has 1 heteroatoms. The molecule has 0 atom stereocenters. The normalized spacial score (nSPS) is 19.4. The Morgan fingerprint density at radius 3 is 2.40 bits per heavy atom. The predicted octanol–water partition coefficient (Wildman–Crippen LogP) is 3.90. The lowest BCUT2D eigenvalue weighted by Gasteiger charge is -2.21. The van der Waals surface area contributed by atoms with E-state index in [1.54, 1.807) is 0 Å². The molecule has 0 heterocycles. The Morgan fingerprint density at radius 1 is 1.20 bits per heavy atom. The molecule has 1 aliphatic rings. The van der Waals surface area contributed by atoms with Crippen molar-refractivity contribution in [3.8, 4) is 0 Å². The van der Waals surface area contributed by atoms with E-state index in [4.69, 9.17) is 0 Å². The van der Waals surface area contributed by atoms with E-state index in [-0.39, 0.29) is 0 Å². The van der Waals surface area contributed by atoms with Gasteiger partial charge < -0.3 is 4.90 Å². The van der Waals surface area contributed by atoms with Gasteiger partial charge in [0.2, 0.25) is 0 Å². The average Bonchev–Trinajstić information content (AvgIpc) is 2.10. The Labute approximate surface area is 94.2 Å². The number of nitrogens with zero attached hydrogens (tertiary/aromatic N) is 1. The first kappa shape index (κ1) is 12.1. The van der Waals surface area contributed by atoms with Crippen LogP contribution in [0.1, 0.15) is 40.0 Å². The Bertz CT molecular complexity index is 312. The number of hydrogen-bond donors (Lipinski definition) is 0. The quantitative estimate of drug-likeness (QED) is 0.661. The van der Waals surface area contributed by atoms with Crippen LogP contribution in [0.3, 0.4) is 0 Å². The topological polar surface area (TPSA) is 3.24 Å². The van der Waals surface area contributed by atoms with E-state index in [9.17, 15) is 0 Å². The highest BCUT2D eigenvalue weighted by Gasteiger charge is 2.12. The molecule has 0 saturated heterocycles. The van der Waals surface area contributed by atoms with Crippen LogP contribution >= 0.6 is 0 Å². The summed E-state index contributed by atoms with van der Waals surface area (Å²) >= 11 is 0. The van der Waals surface area contributed by atoms with Gasteiger partial charge in [-0.1, -0.05) is 11.6 Å². The Balaban J connectivity index is 3.00. The maximum absolute atomic E-state index is 2.33. The lowest BCUT2D eigenvalue weighted by molar-refractivity contribution is 0.552. The summed E-state index contributed by atoms with van der Waals surface area (Å²) < 4.78 is 0. The van der Waals surface area contributed by atoms with Gasteiger partial charge in [0.1, 0.15) is 0 Å². The van der Waals surface area contributed by atoms with Gasteiger partial charge in [-0.15, -0.1) is 0 Å². The minimum atomic E-state index is 1.23. The fourth-order valence-corrected chi connectivity index (χ4v) is 2.05. The van der Waals surface area contributed by atoms with Crippen molar-refractivity contribution in [2.45, 2.75) is 40.0 Å². The SMILES string of the molecule is CC(C)=CC1=C(C)/C(=C/N(C)C)CCC1. The van der Waals surface area contributed by atoms with Crippen LogP contribution in [0.15, 0.2) is 34.6 Å². The zero-order valence-corrected chi connectivity index (χ0v) is 10.7. The van der Waals surface area contributed by atoms with Crippen molar-refractivity contribution >= 4 is 0 Å². The second-order valence-electron chi connectivity index (χ2n) is 4.84. The fraction of sp³-hybridized carbons (Fsp3) is 0.571. The van der Waals surface area contributed by atoms with Gasteiger partial charge in [0.05, 0.1) is 0 Å². The molecule has 84 valence electrons. The second-order valence-corrected chi connectivity index (χ2v) is 4.84. The van der Waals surface area contributed by atoms with E-state index in [0.29, 0.717) is 0 Å². The first-order valence-electron chi connectivity index (χ1n) is 5.73. The van der Waals surface area contributed by atoms with Crippen LogP contribution in [0.25, 0.3) is 0 Å². The van der Waals surface area contributed by atoms with Crippen LogP contribution in [-0.4, -0.2) is 19.0 Å². The number of hydrogen-bond acceptors (Lipinski definition) is 1. The summed E-state index contributed by atoms with van der Waals surface area (Å²) in [6.45, 7) is 6.59. The lowest BCUT2D eigenvalue weighted by Crippen LogP contribution is -2.07. The Morgan fingerprint density at radius 2 is 1.87 bits per heavy atom. The summed E-state index contributed by atoms with van der Waals surface area (Å²) in [7, 11) is 4.19. The molecular formula is C14H23N. The summed E-state index contributed by atoms with van der Waals surface area (Å²) in [4.78, 5) is 2.14. The van der Waals surface area contributed by atoms with Crippen molar-refractivity contribution in [3.05, 3.63) is 34.6 Å². The highest BCUT2D eigenvalue weighted by molar-refractivity contribution is 5.41. The molecule has 1 nitrogen and oxygen atoms in total. The average molecular weight is 205 g/mol. The molecule has 0 bridgehead atoms. The summed E-state index contributed by atoms with van der Waals surface area (Å²) in [6.07, 6.45) is 8.34. The van der Waals surface area contributed by atoms with E-state index in [2.05, 4.69) is 52.0 Å². The number of allylic oxidation sites excluding steroid dienone is 5. The summed E-state index contributed by atoms with van der Waals surface area (Å²) in [5, 5.41) is 0. The minimum absolute atomic E-state index is 1.23. The van der Waals surface area contributed by atoms with E-state index in [0.717, 1.165) is 0 Å². The van der Waals surface area contributed by atoms with Gasteiger partial charge in [-0.05, 0) is 56.8 Å². The first-order chi connectivity index (χ1) is 7.00. The van der Waals surface area contributed by atoms with E-state index >= 15 is 0 Å². The zero-order valence-electron chi connectivity index (χ0n) is 10.7. The summed E-state index contributed by atoms with van der Waals surface area (Å²) in [5.74, 6) is 0. The van der Waals surface area contributed by atoms with E-state index < -0.39 is 0 Å². The molecule has 0 spiro atoms. The lowest BCUT2D eigenvalue weighted by atomic mass is 9.88. The molecule has 0 aromatic heterocycles. The monoisotopic (exact) mass is 205 g/mol. The van der Waals surface area contributed by atoms with Crippen molar-refractivity contribution in [1.29, 1.82) is 0 Å². The molecule has 0 radical (unpaired) electrons. The largest absolute Gasteiger partial charge is 0.383 e. The third-order valence-corrected chi connectivity index (χ3v) is 2.73. The van der Waals surface area contributed by atoms with Crippen molar-refractivity contribution in [3.63, 3.8) is 0 Å². The van der Waals surface area contributed by atoms with Crippen LogP contribution in [0, 0.1) is 0 Å². The van der Waals surface area contributed by atoms with Crippen molar-refractivity contribution in [1.82, 2.24) is 4.90 Å². The van der Waals surface area contributed by atoms with E-state index in [1.807, 2.05) is 0 Å². The van der Waals surface area contributed by atoms with E-state index in [1.165, 1.54) is 41.6 Å². The van der Waals surface area contributed by atoms with Gasteiger partial charge in [0.25, 0.3) is 0 Å². The molecule has 1 rings (SSSR count). The maximum atomic E-state index is 2.33.